The number of thioether (sulfide) groups is 1. The monoisotopic (exact) mass is 489 g/mol. The van der Waals surface area contributed by atoms with Crippen LogP contribution < -0.4 is 0 Å². The fourth-order valence-electron chi connectivity index (χ4n) is 3.55. The summed E-state index contributed by atoms with van der Waals surface area (Å²) in [7, 11) is 0. The Kier molecular flexibility index (Phi) is 6.18. The number of nitriles is 1. The van der Waals surface area contributed by atoms with E-state index in [-0.39, 0.29) is 28.9 Å². The number of aliphatic hydroxyl groups excluding tert-OH is 1. The summed E-state index contributed by atoms with van der Waals surface area (Å²) >= 11 is 2.59. The van der Waals surface area contributed by atoms with Crippen molar-refractivity contribution < 1.29 is 9.50 Å². The molecule has 0 saturated heterocycles. The van der Waals surface area contributed by atoms with Crippen LogP contribution in [-0.2, 0) is 0 Å². The third kappa shape index (κ3) is 4.47. The molecule has 170 valence electrons. The van der Waals surface area contributed by atoms with Crippen LogP contribution in [0.15, 0.2) is 64.8 Å². The smallest absolute Gasteiger partial charge is 0.192 e. The van der Waals surface area contributed by atoms with Crippen molar-refractivity contribution in [2.45, 2.75) is 31.0 Å². The lowest BCUT2D eigenvalue weighted by Gasteiger charge is -2.09. The van der Waals surface area contributed by atoms with E-state index in [4.69, 9.17) is 0 Å². The summed E-state index contributed by atoms with van der Waals surface area (Å²) in [5.41, 5.74) is 3.41. The minimum absolute atomic E-state index is 0.0740. The van der Waals surface area contributed by atoms with Gasteiger partial charge in [0.25, 0.3) is 0 Å². The lowest BCUT2D eigenvalue weighted by atomic mass is 10.1. The third-order valence-electron chi connectivity index (χ3n) is 5.50. The molecule has 0 spiro atoms. The number of nitrogens with zero attached hydrogens (tertiary/aromatic N) is 5. The van der Waals surface area contributed by atoms with E-state index < -0.39 is 0 Å². The van der Waals surface area contributed by atoms with Crippen molar-refractivity contribution >= 4 is 28.7 Å². The van der Waals surface area contributed by atoms with Crippen molar-refractivity contribution in [2.75, 3.05) is 5.75 Å². The normalized spacial score (nSPS) is 14.0. The van der Waals surface area contributed by atoms with Gasteiger partial charge in [-0.25, -0.2) is 9.37 Å². The molecule has 2 heterocycles. The first-order chi connectivity index (χ1) is 16.5. The van der Waals surface area contributed by atoms with Crippen molar-refractivity contribution in [3.8, 4) is 28.7 Å². The van der Waals surface area contributed by atoms with Crippen molar-refractivity contribution in [3.05, 3.63) is 76.1 Å². The molecule has 0 aliphatic heterocycles. The summed E-state index contributed by atoms with van der Waals surface area (Å²) in [5, 5.41) is 31.9. The quantitative estimate of drug-likeness (QED) is 0.183. The molecule has 1 N–H and O–H groups in total. The van der Waals surface area contributed by atoms with Crippen LogP contribution in [-0.4, -0.2) is 30.6 Å². The fourth-order valence-corrected chi connectivity index (χ4v) is 5.28. The second-order valence-corrected chi connectivity index (χ2v) is 9.81. The fraction of sp³-hybridized carbons (Fsp3) is 0.200. The number of allylic oxidation sites excluding steroid dienone is 1. The molecule has 0 unspecified atom stereocenters. The van der Waals surface area contributed by atoms with Gasteiger partial charge in [0.1, 0.15) is 28.2 Å². The first-order valence-corrected chi connectivity index (χ1v) is 12.6. The standard InChI is InChI=1S/C25H20FN5OS2/c1-15-6-8-16(9-7-15)21-13-33-24(28-21)19(12-27)22(32)14-34-25-30-29-23(31(25)17-10-11-17)18-4-2-3-5-20(18)26/h2-9,13,17,32H,10-11,14H2,1H3. The molecule has 1 aliphatic rings. The Morgan fingerprint density at radius 3 is 2.68 bits per heavy atom. The maximum Gasteiger partial charge on any atom is 0.192 e. The lowest BCUT2D eigenvalue weighted by Crippen LogP contribution is -2.02. The van der Waals surface area contributed by atoms with Crippen LogP contribution >= 0.6 is 23.1 Å². The summed E-state index contributed by atoms with van der Waals surface area (Å²) in [5.74, 6) is 0.186. The number of rotatable bonds is 7. The van der Waals surface area contributed by atoms with E-state index in [9.17, 15) is 14.8 Å². The number of thiazole rings is 1. The van der Waals surface area contributed by atoms with Gasteiger partial charge in [-0.2, -0.15) is 5.26 Å². The molecule has 9 heteroatoms. The number of hydrogen-bond donors (Lipinski definition) is 1. The maximum atomic E-state index is 14.4. The molecule has 2 aromatic heterocycles. The van der Waals surface area contributed by atoms with Crippen LogP contribution in [0.3, 0.4) is 0 Å². The van der Waals surface area contributed by atoms with Gasteiger partial charge in [0.05, 0.1) is 17.0 Å². The topological polar surface area (TPSA) is 87.6 Å². The molecular formula is C25H20FN5OS2. The van der Waals surface area contributed by atoms with Crippen molar-refractivity contribution in [1.82, 2.24) is 19.7 Å². The van der Waals surface area contributed by atoms with Crippen LogP contribution in [0.5, 0.6) is 0 Å². The molecule has 0 amide bonds. The maximum absolute atomic E-state index is 14.4. The molecular weight excluding hydrogens is 469 g/mol. The van der Waals surface area contributed by atoms with Gasteiger partial charge < -0.3 is 5.11 Å². The third-order valence-corrected chi connectivity index (χ3v) is 7.31. The number of aromatic nitrogens is 4. The first-order valence-electron chi connectivity index (χ1n) is 10.7. The van der Waals surface area contributed by atoms with E-state index in [2.05, 4.69) is 21.3 Å². The Morgan fingerprint density at radius 2 is 1.97 bits per heavy atom. The zero-order valence-corrected chi connectivity index (χ0v) is 19.9. The highest BCUT2D eigenvalue weighted by Gasteiger charge is 2.31. The second-order valence-electron chi connectivity index (χ2n) is 8.01. The van der Waals surface area contributed by atoms with Crippen molar-refractivity contribution in [3.63, 3.8) is 0 Å². The predicted octanol–water partition coefficient (Wildman–Crippen LogP) is 6.44. The molecule has 0 bridgehead atoms. The minimum atomic E-state index is -0.351. The Morgan fingerprint density at radius 1 is 1.21 bits per heavy atom. The average molecular weight is 490 g/mol. The van der Waals surface area contributed by atoms with E-state index in [1.165, 1.54) is 29.2 Å². The van der Waals surface area contributed by atoms with Gasteiger partial charge in [-0.05, 0) is 31.9 Å². The van der Waals surface area contributed by atoms with Crippen LogP contribution in [0.4, 0.5) is 4.39 Å². The Labute approximate surface area is 204 Å². The van der Waals surface area contributed by atoms with Crippen LogP contribution in [0.25, 0.3) is 28.2 Å². The van der Waals surface area contributed by atoms with Gasteiger partial charge in [0, 0.05) is 17.0 Å². The minimum Gasteiger partial charge on any atom is -0.510 e. The van der Waals surface area contributed by atoms with E-state index in [0.29, 0.717) is 21.6 Å². The van der Waals surface area contributed by atoms with E-state index in [0.717, 1.165) is 29.7 Å². The Balaban J connectivity index is 1.39. The lowest BCUT2D eigenvalue weighted by molar-refractivity contribution is 0.420. The van der Waals surface area contributed by atoms with E-state index in [1.54, 1.807) is 18.2 Å². The van der Waals surface area contributed by atoms with Crippen molar-refractivity contribution in [1.29, 1.82) is 5.26 Å². The van der Waals surface area contributed by atoms with Gasteiger partial charge in [-0.15, -0.1) is 21.5 Å². The van der Waals surface area contributed by atoms with Gasteiger partial charge in [0.15, 0.2) is 11.0 Å². The highest BCUT2D eigenvalue weighted by atomic mass is 32.2. The molecule has 0 radical (unpaired) electrons. The highest BCUT2D eigenvalue weighted by Crippen LogP contribution is 2.41. The Bertz CT molecular complexity index is 1410. The summed E-state index contributed by atoms with van der Waals surface area (Å²) in [6, 6.07) is 16.8. The molecule has 4 aromatic rings. The molecule has 1 saturated carbocycles. The molecule has 0 atom stereocenters. The summed E-state index contributed by atoms with van der Waals surface area (Å²) in [4.78, 5) is 4.56. The summed E-state index contributed by atoms with van der Waals surface area (Å²) in [6.45, 7) is 2.02. The SMILES string of the molecule is Cc1ccc(-c2csc(C(C#N)=C(O)CSc3nnc(-c4ccccc4F)n3C3CC3)n2)cc1. The number of aliphatic hydroxyl groups is 1. The number of hydrogen-bond acceptors (Lipinski definition) is 7. The van der Waals surface area contributed by atoms with Gasteiger partial charge >= 0.3 is 0 Å². The van der Waals surface area contributed by atoms with Gasteiger partial charge in [-0.1, -0.05) is 53.7 Å². The molecule has 34 heavy (non-hydrogen) atoms. The van der Waals surface area contributed by atoms with E-state index >= 15 is 0 Å². The molecule has 6 nitrogen and oxygen atoms in total. The van der Waals surface area contributed by atoms with Gasteiger partial charge in [-0.3, -0.25) is 4.57 Å². The van der Waals surface area contributed by atoms with Crippen LogP contribution in [0.1, 0.15) is 29.5 Å². The van der Waals surface area contributed by atoms with E-state index in [1.807, 2.05) is 41.1 Å². The van der Waals surface area contributed by atoms with Crippen LogP contribution in [0.2, 0.25) is 0 Å². The van der Waals surface area contributed by atoms with Crippen LogP contribution in [0, 0.1) is 24.1 Å². The number of halogens is 1. The largest absolute Gasteiger partial charge is 0.510 e. The molecule has 1 aliphatic carbocycles. The number of aryl methyl sites for hydroxylation is 1. The zero-order chi connectivity index (χ0) is 23.7. The molecule has 2 aromatic carbocycles. The highest BCUT2D eigenvalue weighted by molar-refractivity contribution is 7.99. The zero-order valence-electron chi connectivity index (χ0n) is 18.3. The Hall–Kier alpha value is -3.48. The average Bonchev–Trinajstić information content (AvgIpc) is 3.41. The molecule has 5 rings (SSSR count). The predicted molar refractivity (Wildman–Crippen MR) is 132 cm³/mol. The summed E-state index contributed by atoms with van der Waals surface area (Å²) < 4.78 is 16.3. The second kappa shape index (κ2) is 9.41. The van der Waals surface area contributed by atoms with Crippen molar-refractivity contribution in [2.24, 2.45) is 0 Å². The first kappa shape index (κ1) is 22.3. The summed E-state index contributed by atoms with van der Waals surface area (Å²) in [6.07, 6.45) is 1.94. The number of benzene rings is 2. The molecule has 1 fully saturated rings. The van der Waals surface area contributed by atoms with Gasteiger partial charge in [0.2, 0.25) is 0 Å².